The van der Waals surface area contributed by atoms with Gasteiger partial charge in [0.2, 0.25) is 0 Å². The van der Waals surface area contributed by atoms with Gasteiger partial charge in [0, 0.05) is 6.20 Å². The fourth-order valence-corrected chi connectivity index (χ4v) is 0.915. The van der Waals surface area contributed by atoms with Crippen molar-refractivity contribution in [2.24, 2.45) is 0 Å². The number of urea groups is 1. The Morgan fingerprint density at radius 1 is 1.40 bits per heavy atom. The highest BCUT2D eigenvalue weighted by Crippen LogP contribution is 2.03. The number of pyridine rings is 1. The number of anilines is 2. The van der Waals surface area contributed by atoms with Gasteiger partial charge in [-0.15, -0.1) is 5.10 Å². The van der Waals surface area contributed by atoms with Crippen molar-refractivity contribution < 1.29 is 4.79 Å². The Kier molecular flexibility index (Phi) is 2.50. The van der Waals surface area contributed by atoms with Gasteiger partial charge >= 0.3 is 6.03 Å². The van der Waals surface area contributed by atoms with E-state index >= 15 is 0 Å². The maximum Gasteiger partial charge on any atom is 0.326 e. The first-order chi connectivity index (χ1) is 7.34. The van der Waals surface area contributed by atoms with E-state index in [-0.39, 0.29) is 5.95 Å². The van der Waals surface area contributed by atoms with Crippen LogP contribution in [-0.4, -0.2) is 31.6 Å². The first kappa shape index (κ1) is 9.06. The molecule has 0 aliphatic carbocycles. The summed E-state index contributed by atoms with van der Waals surface area (Å²) < 4.78 is 0. The van der Waals surface area contributed by atoms with Crippen LogP contribution in [0.15, 0.2) is 24.5 Å². The average molecular weight is 205 g/mol. The number of nitrogens with one attached hydrogen (secondary N) is 3. The number of carbonyl (C=O) groups is 1. The molecular formula is C7H7N7O. The lowest BCUT2D eigenvalue weighted by Crippen LogP contribution is -2.20. The molecule has 0 saturated carbocycles. The minimum absolute atomic E-state index is 0.108. The molecule has 0 bridgehead atoms. The number of H-pyrrole nitrogens is 1. The van der Waals surface area contributed by atoms with E-state index in [2.05, 4.69) is 36.2 Å². The molecule has 0 saturated heterocycles. The molecule has 2 amide bonds. The van der Waals surface area contributed by atoms with Crippen LogP contribution in [0.3, 0.4) is 0 Å². The van der Waals surface area contributed by atoms with Crippen LogP contribution in [0.5, 0.6) is 0 Å². The normalized spacial score (nSPS) is 9.60. The molecule has 0 aliphatic rings. The lowest BCUT2D eigenvalue weighted by molar-refractivity contribution is 0.262. The number of hydrogen-bond donors (Lipinski definition) is 3. The molecule has 0 fully saturated rings. The summed E-state index contributed by atoms with van der Waals surface area (Å²) in [6.45, 7) is 0. The second-order valence-electron chi connectivity index (χ2n) is 2.56. The maximum atomic E-state index is 11.3. The average Bonchev–Trinajstić information content (AvgIpc) is 2.71. The monoisotopic (exact) mass is 205 g/mol. The summed E-state index contributed by atoms with van der Waals surface area (Å²) in [6.07, 6.45) is 3.14. The molecule has 0 aliphatic heterocycles. The van der Waals surface area contributed by atoms with Crippen LogP contribution in [0.1, 0.15) is 0 Å². The van der Waals surface area contributed by atoms with E-state index < -0.39 is 6.03 Å². The van der Waals surface area contributed by atoms with Gasteiger partial charge < -0.3 is 5.32 Å². The van der Waals surface area contributed by atoms with E-state index in [1.54, 1.807) is 18.3 Å². The highest BCUT2D eigenvalue weighted by atomic mass is 16.2. The number of aromatic amines is 1. The molecule has 0 radical (unpaired) electrons. The van der Waals surface area contributed by atoms with Gasteiger partial charge in [-0.05, 0) is 17.3 Å². The third kappa shape index (κ3) is 2.46. The number of hydrogen-bond acceptors (Lipinski definition) is 5. The van der Waals surface area contributed by atoms with E-state index in [0.717, 1.165) is 0 Å². The Labute approximate surface area is 84.1 Å². The second-order valence-corrected chi connectivity index (χ2v) is 2.56. The summed E-state index contributed by atoms with van der Waals surface area (Å²) >= 11 is 0. The molecule has 76 valence electrons. The lowest BCUT2D eigenvalue weighted by Gasteiger charge is -2.02. The molecule has 0 aromatic carbocycles. The number of amides is 2. The molecule has 0 spiro atoms. The van der Waals surface area contributed by atoms with Crippen molar-refractivity contribution in [3.63, 3.8) is 0 Å². The van der Waals surface area contributed by atoms with Crippen molar-refractivity contribution in [1.29, 1.82) is 0 Å². The fourth-order valence-electron chi connectivity index (χ4n) is 0.915. The summed E-state index contributed by atoms with van der Waals surface area (Å²) in [5, 5.41) is 17.6. The molecule has 2 aromatic heterocycles. The van der Waals surface area contributed by atoms with Crippen LogP contribution in [-0.2, 0) is 0 Å². The van der Waals surface area contributed by atoms with Gasteiger partial charge in [-0.1, -0.05) is 5.10 Å². The predicted molar refractivity (Wildman–Crippen MR) is 51.1 cm³/mol. The van der Waals surface area contributed by atoms with Gasteiger partial charge in [-0.3, -0.25) is 10.3 Å². The molecule has 8 nitrogen and oxygen atoms in total. The minimum Gasteiger partial charge on any atom is -0.306 e. The largest absolute Gasteiger partial charge is 0.326 e. The quantitative estimate of drug-likeness (QED) is 0.650. The van der Waals surface area contributed by atoms with Crippen molar-refractivity contribution in [2.45, 2.75) is 0 Å². The van der Waals surface area contributed by atoms with Gasteiger partial charge in [0.1, 0.15) is 0 Å². The number of carbonyl (C=O) groups excluding carboxylic acids is 1. The van der Waals surface area contributed by atoms with Crippen molar-refractivity contribution >= 4 is 17.7 Å². The molecule has 15 heavy (non-hydrogen) atoms. The first-order valence-electron chi connectivity index (χ1n) is 4.06. The first-order valence-corrected chi connectivity index (χ1v) is 4.06. The Morgan fingerprint density at radius 2 is 2.33 bits per heavy atom. The van der Waals surface area contributed by atoms with Crippen LogP contribution in [0.2, 0.25) is 0 Å². The molecule has 2 heterocycles. The van der Waals surface area contributed by atoms with Crippen molar-refractivity contribution in [2.75, 3.05) is 10.6 Å². The van der Waals surface area contributed by atoms with Gasteiger partial charge in [-0.2, -0.15) is 5.21 Å². The van der Waals surface area contributed by atoms with Crippen LogP contribution in [0, 0.1) is 0 Å². The van der Waals surface area contributed by atoms with Crippen molar-refractivity contribution in [1.82, 2.24) is 25.6 Å². The second kappa shape index (κ2) is 4.13. The lowest BCUT2D eigenvalue weighted by atomic mass is 10.4. The van der Waals surface area contributed by atoms with Gasteiger partial charge in [0.05, 0.1) is 11.9 Å². The maximum absolute atomic E-state index is 11.3. The van der Waals surface area contributed by atoms with Crippen molar-refractivity contribution in [3.05, 3.63) is 24.5 Å². The molecule has 0 atom stereocenters. The van der Waals surface area contributed by atoms with Crippen LogP contribution in [0.4, 0.5) is 16.4 Å². The number of rotatable bonds is 2. The summed E-state index contributed by atoms with van der Waals surface area (Å²) in [4.78, 5) is 15.2. The Balaban J connectivity index is 1.94. The summed E-state index contributed by atoms with van der Waals surface area (Å²) in [5.74, 6) is 0.108. The standard InChI is InChI=1S/C7H7N7O/c15-7(10-6-11-13-14-12-6)9-5-2-1-3-8-4-5/h1-4H,(H3,9,10,11,12,13,14,15). The summed E-state index contributed by atoms with van der Waals surface area (Å²) in [6, 6.07) is 2.97. The van der Waals surface area contributed by atoms with Crippen LogP contribution < -0.4 is 10.6 Å². The zero-order chi connectivity index (χ0) is 10.5. The highest BCUT2D eigenvalue weighted by molar-refractivity contribution is 5.98. The topological polar surface area (TPSA) is 108 Å². The van der Waals surface area contributed by atoms with E-state index in [0.29, 0.717) is 5.69 Å². The van der Waals surface area contributed by atoms with Gasteiger partial charge in [0.25, 0.3) is 5.95 Å². The van der Waals surface area contributed by atoms with Crippen LogP contribution in [0.25, 0.3) is 0 Å². The number of nitrogens with zero attached hydrogens (tertiary/aromatic N) is 4. The van der Waals surface area contributed by atoms with E-state index in [1.807, 2.05) is 0 Å². The van der Waals surface area contributed by atoms with E-state index in [9.17, 15) is 4.79 Å². The van der Waals surface area contributed by atoms with E-state index in [4.69, 9.17) is 0 Å². The fraction of sp³-hybridized carbons (Fsp3) is 0. The number of tetrazole rings is 1. The zero-order valence-corrected chi connectivity index (χ0v) is 7.51. The Morgan fingerprint density at radius 3 is 3.00 bits per heavy atom. The molecular weight excluding hydrogens is 198 g/mol. The molecule has 3 N–H and O–H groups in total. The Bertz CT molecular complexity index is 426. The molecule has 2 rings (SSSR count). The number of aromatic nitrogens is 5. The molecule has 0 unspecified atom stereocenters. The minimum atomic E-state index is -0.454. The third-order valence-corrected chi connectivity index (χ3v) is 1.49. The predicted octanol–water partition coefficient (Wildman–Crippen LogP) is 0.239. The van der Waals surface area contributed by atoms with Crippen LogP contribution >= 0.6 is 0 Å². The molecule has 8 heteroatoms. The summed E-state index contributed by atoms with van der Waals surface area (Å²) in [5.41, 5.74) is 0.582. The summed E-state index contributed by atoms with van der Waals surface area (Å²) in [7, 11) is 0. The third-order valence-electron chi connectivity index (χ3n) is 1.49. The Hall–Kier alpha value is -2.51. The smallest absolute Gasteiger partial charge is 0.306 e. The highest BCUT2D eigenvalue weighted by Gasteiger charge is 2.04. The van der Waals surface area contributed by atoms with Gasteiger partial charge in [-0.25, -0.2) is 4.79 Å². The molecule has 2 aromatic rings. The van der Waals surface area contributed by atoms with Crippen molar-refractivity contribution in [3.8, 4) is 0 Å². The van der Waals surface area contributed by atoms with Gasteiger partial charge in [0.15, 0.2) is 0 Å². The van der Waals surface area contributed by atoms with E-state index in [1.165, 1.54) is 6.20 Å². The SMILES string of the molecule is O=C(Nc1cccnc1)Nc1nn[nH]n1. The zero-order valence-electron chi connectivity index (χ0n) is 7.51.